The lowest BCUT2D eigenvalue weighted by Crippen LogP contribution is -2.37. The van der Waals surface area contributed by atoms with Crippen LogP contribution in [0.25, 0.3) is 17.0 Å². The van der Waals surface area contributed by atoms with Crippen LogP contribution in [0.2, 0.25) is 0 Å². The van der Waals surface area contributed by atoms with Gasteiger partial charge in [0.05, 0.1) is 11.4 Å². The molecule has 0 atom stereocenters. The van der Waals surface area contributed by atoms with Crippen molar-refractivity contribution in [1.82, 2.24) is 9.47 Å². The molecule has 0 unspecified atom stereocenters. The third-order valence-electron chi connectivity index (χ3n) is 3.95. The summed E-state index contributed by atoms with van der Waals surface area (Å²) in [6, 6.07) is 7.68. The van der Waals surface area contributed by atoms with Gasteiger partial charge in [0.15, 0.2) is 0 Å². The number of para-hydroxylation sites is 1. The zero-order valence-electron chi connectivity index (χ0n) is 15.9. The Morgan fingerprint density at radius 1 is 1.29 bits per heavy atom. The van der Waals surface area contributed by atoms with Gasteiger partial charge in [-0.2, -0.15) is 0 Å². The second-order valence-electron chi connectivity index (χ2n) is 7.29. The zero-order chi connectivity index (χ0) is 20.5. The van der Waals surface area contributed by atoms with Gasteiger partial charge in [-0.25, -0.2) is 0 Å². The van der Waals surface area contributed by atoms with Gasteiger partial charge in [-0.3, -0.25) is 19.3 Å². The fourth-order valence-corrected chi connectivity index (χ4v) is 3.73. The molecule has 2 heterocycles. The molecule has 1 saturated heterocycles. The molecule has 1 aromatic heterocycles. The lowest BCUT2D eigenvalue weighted by Gasteiger charge is -2.21. The van der Waals surface area contributed by atoms with E-state index in [0.29, 0.717) is 6.54 Å². The Morgan fingerprint density at radius 3 is 2.68 bits per heavy atom. The quantitative estimate of drug-likeness (QED) is 0.448. The van der Waals surface area contributed by atoms with Crippen LogP contribution in [0.5, 0.6) is 0 Å². The first-order valence-electron chi connectivity index (χ1n) is 8.68. The number of carbonyl (C=O) groups excluding carboxylic acids is 3. The van der Waals surface area contributed by atoms with Gasteiger partial charge in [-0.05, 0) is 44.7 Å². The summed E-state index contributed by atoms with van der Waals surface area (Å²) >= 11 is 0.809. The number of hydrogen-bond acceptors (Lipinski definition) is 5. The largest absolute Gasteiger partial charge is 0.459 e. The van der Waals surface area contributed by atoms with Gasteiger partial charge in [-0.1, -0.05) is 24.1 Å². The van der Waals surface area contributed by atoms with E-state index in [4.69, 9.17) is 11.2 Å². The minimum atomic E-state index is -0.687. The highest BCUT2D eigenvalue weighted by Gasteiger charge is 2.37. The van der Waals surface area contributed by atoms with Gasteiger partial charge in [-0.15, -0.1) is 6.42 Å². The van der Waals surface area contributed by atoms with Gasteiger partial charge >= 0.3 is 5.97 Å². The van der Waals surface area contributed by atoms with Crippen molar-refractivity contribution >= 4 is 45.9 Å². The maximum absolute atomic E-state index is 12.7. The summed E-state index contributed by atoms with van der Waals surface area (Å²) in [6.45, 7) is 5.17. The number of fused-ring (bicyclic) bond motifs is 1. The zero-order valence-corrected chi connectivity index (χ0v) is 16.7. The number of hydrogen-bond donors (Lipinski definition) is 0. The number of benzene rings is 1. The summed E-state index contributed by atoms with van der Waals surface area (Å²) < 4.78 is 7.11. The first-order chi connectivity index (χ1) is 13.2. The maximum Gasteiger partial charge on any atom is 0.326 e. The van der Waals surface area contributed by atoms with Crippen LogP contribution in [0, 0.1) is 12.3 Å². The number of terminal acetylenes is 1. The molecule has 28 heavy (non-hydrogen) atoms. The molecular weight excluding hydrogens is 376 g/mol. The van der Waals surface area contributed by atoms with Crippen LogP contribution in [-0.4, -0.2) is 38.7 Å². The van der Waals surface area contributed by atoms with Crippen molar-refractivity contribution in [2.45, 2.75) is 32.9 Å². The van der Waals surface area contributed by atoms with E-state index in [1.165, 1.54) is 0 Å². The summed E-state index contributed by atoms with van der Waals surface area (Å²) in [5.41, 5.74) is 1.04. The molecule has 3 rings (SSSR count). The SMILES string of the molecule is C#CCn1cc(/C=C2\SC(=O)N(CC(=O)OC(C)(C)C)C2=O)c2ccccc21. The van der Waals surface area contributed by atoms with Gasteiger partial charge in [0, 0.05) is 22.7 Å². The predicted molar refractivity (Wildman–Crippen MR) is 109 cm³/mol. The van der Waals surface area contributed by atoms with Gasteiger partial charge in [0.25, 0.3) is 11.1 Å². The van der Waals surface area contributed by atoms with E-state index in [1.807, 2.05) is 35.0 Å². The molecule has 0 aliphatic carbocycles. The molecule has 1 aliphatic rings. The average Bonchev–Trinajstić information content (AvgIpc) is 3.07. The van der Waals surface area contributed by atoms with E-state index in [-0.39, 0.29) is 4.91 Å². The summed E-state index contributed by atoms with van der Waals surface area (Å²) in [6.07, 6.45) is 8.95. The second-order valence-corrected chi connectivity index (χ2v) is 8.28. The molecule has 144 valence electrons. The molecular formula is C21H20N2O4S. The van der Waals surface area contributed by atoms with E-state index in [9.17, 15) is 14.4 Å². The van der Waals surface area contributed by atoms with Crippen molar-refractivity contribution in [1.29, 1.82) is 0 Å². The van der Waals surface area contributed by atoms with Crippen LogP contribution in [0.15, 0.2) is 35.4 Å². The molecule has 1 aliphatic heterocycles. The first-order valence-corrected chi connectivity index (χ1v) is 9.50. The summed E-state index contributed by atoms with van der Waals surface area (Å²) in [4.78, 5) is 38.1. The Morgan fingerprint density at radius 2 is 2.00 bits per heavy atom. The highest BCUT2D eigenvalue weighted by atomic mass is 32.2. The van der Waals surface area contributed by atoms with Crippen LogP contribution < -0.4 is 0 Å². The van der Waals surface area contributed by atoms with E-state index in [1.54, 1.807) is 26.8 Å². The number of thioether (sulfide) groups is 1. The standard InChI is InChI=1S/C21H20N2O4S/c1-5-10-22-12-14(15-8-6-7-9-16(15)22)11-17-19(25)23(20(26)28-17)13-18(24)27-21(2,3)4/h1,6-9,11-12H,10,13H2,2-4H3/b17-11-. The molecule has 0 saturated carbocycles. The lowest BCUT2D eigenvalue weighted by molar-refractivity contribution is -0.156. The number of imide groups is 1. The molecule has 0 bridgehead atoms. The topological polar surface area (TPSA) is 68.6 Å². The Balaban J connectivity index is 1.87. The predicted octanol–water partition coefficient (Wildman–Crippen LogP) is 3.65. The van der Waals surface area contributed by atoms with Crippen molar-refractivity contribution in [3.05, 3.63) is 40.9 Å². The summed E-state index contributed by atoms with van der Waals surface area (Å²) in [7, 11) is 0. The summed E-state index contributed by atoms with van der Waals surface area (Å²) in [5, 5.41) is 0.436. The second kappa shape index (κ2) is 7.56. The molecule has 0 N–H and O–H groups in total. The van der Waals surface area contributed by atoms with Gasteiger partial charge in [0.2, 0.25) is 0 Å². The Labute approximate surface area is 167 Å². The van der Waals surface area contributed by atoms with E-state index in [2.05, 4.69) is 5.92 Å². The van der Waals surface area contributed by atoms with Crippen molar-refractivity contribution in [2.75, 3.05) is 6.54 Å². The third-order valence-corrected chi connectivity index (χ3v) is 4.86. The molecule has 1 aromatic carbocycles. The number of carbonyl (C=O) groups is 3. The molecule has 0 spiro atoms. The van der Waals surface area contributed by atoms with E-state index >= 15 is 0 Å². The van der Waals surface area contributed by atoms with Crippen LogP contribution in [0.3, 0.4) is 0 Å². The monoisotopic (exact) mass is 396 g/mol. The highest BCUT2D eigenvalue weighted by Crippen LogP contribution is 2.34. The first kappa shape index (κ1) is 19.8. The van der Waals surface area contributed by atoms with Crippen LogP contribution in [0.1, 0.15) is 26.3 Å². The van der Waals surface area contributed by atoms with Crippen molar-refractivity contribution in [3.8, 4) is 12.3 Å². The summed E-state index contributed by atoms with van der Waals surface area (Å²) in [5.74, 6) is 1.47. The Hall–Kier alpha value is -2.98. The fraction of sp³-hybridized carbons (Fsp3) is 0.286. The Kier molecular flexibility index (Phi) is 5.34. The average molecular weight is 396 g/mol. The third kappa shape index (κ3) is 4.12. The minimum Gasteiger partial charge on any atom is -0.459 e. The van der Waals surface area contributed by atoms with Gasteiger partial charge < -0.3 is 9.30 Å². The molecule has 1 fully saturated rings. The fourth-order valence-electron chi connectivity index (χ4n) is 2.90. The number of amides is 2. The van der Waals surface area contributed by atoms with E-state index < -0.39 is 29.3 Å². The molecule has 2 aromatic rings. The molecule has 6 nitrogen and oxygen atoms in total. The number of aromatic nitrogens is 1. The molecule has 2 amide bonds. The van der Waals surface area contributed by atoms with E-state index in [0.717, 1.165) is 33.1 Å². The number of rotatable bonds is 4. The lowest BCUT2D eigenvalue weighted by atomic mass is 10.1. The normalized spacial score (nSPS) is 16.1. The number of nitrogens with zero attached hydrogens (tertiary/aromatic N) is 2. The maximum atomic E-state index is 12.7. The van der Waals surface area contributed by atoms with Crippen molar-refractivity contribution in [2.24, 2.45) is 0 Å². The van der Waals surface area contributed by atoms with Crippen LogP contribution in [0.4, 0.5) is 4.79 Å². The molecule has 0 radical (unpaired) electrons. The number of ether oxygens (including phenoxy) is 1. The molecule has 7 heteroatoms. The van der Waals surface area contributed by atoms with Crippen LogP contribution >= 0.6 is 11.8 Å². The smallest absolute Gasteiger partial charge is 0.326 e. The Bertz CT molecular complexity index is 1040. The van der Waals surface area contributed by atoms with Crippen LogP contribution in [-0.2, 0) is 20.9 Å². The minimum absolute atomic E-state index is 0.261. The van der Waals surface area contributed by atoms with Crippen molar-refractivity contribution in [3.63, 3.8) is 0 Å². The number of esters is 1. The van der Waals surface area contributed by atoms with Crippen molar-refractivity contribution < 1.29 is 19.1 Å². The van der Waals surface area contributed by atoms with Gasteiger partial charge in [0.1, 0.15) is 12.1 Å². The highest BCUT2D eigenvalue weighted by molar-refractivity contribution is 8.18.